The van der Waals surface area contributed by atoms with Gasteiger partial charge in [0.1, 0.15) is 5.60 Å². The molecule has 112 valence electrons. The Morgan fingerprint density at radius 3 is 2.62 bits per heavy atom. The monoisotopic (exact) mass is 286 g/mol. The molecule has 0 aromatic heterocycles. The van der Waals surface area contributed by atoms with Gasteiger partial charge in [0.15, 0.2) is 0 Å². The first kappa shape index (κ1) is 13.5. The molecule has 5 atom stereocenters. The maximum atomic E-state index is 10.7. The minimum atomic E-state index is -0.778. The number of aliphatic hydroxyl groups is 2. The van der Waals surface area contributed by atoms with E-state index in [-0.39, 0.29) is 5.92 Å². The highest BCUT2D eigenvalue weighted by atomic mass is 16.5. The van der Waals surface area contributed by atoms with Crippen LogP contribution in [0, 0.1) is 5.92 Å². The molecule has 2 bridgehead atoms. The van der Waals surface area contributed by atoms with E-state index in [0.717, 1.165) is 24.0 Å². The average Bonchev–Trinajstić information content (AvgIpc) is 2.86. The molecule has 2 heterocycles. The number of aliphatic hydroxyl groups excluding tert-OH is 1. The van der Waals surface area contributed by atoms with Gasteiger partial charge < -0.3 is 14.9 Å². The molecule has 0 radical (unpaired) electrons. The van der Waals surface area contributed by atoms with Gasteiger partial charge in [-0.25, -0.2) is 0 Å². The van der Waals surface area contributed by atoms with Crippen LogP contribution in [0.15, 0.2) is 42.0 Å². The maximum absolute atomic E-state index is 10.7. The molecule has 4 rings (SSSR count). The van der Waals surface area contributed by atoms with Gasteiger partial charge in [0.2, 0.25) is 0 Å². The fourth-order valence-electron chi connectivity index (χ4n) is 4.57. The molecule has 2 fully saturated rings. The molecule has 1 aromatic carbocycles. The lowest BCUT2D eigenvalue weighted by Crippen LogP contribution is -2.47. The summed E-state index contributed by atoms with van der Waals surface area (Å²) in [6.07, 6.45) is 3.75. The van der Waals surface area contributed by atoms with Gasteiger partial charge in [-0.2, -0.15) is 0 Å². The van der Waals surface area contributed by atoms with E-state index in [1.54, 1.807) is 0 Å². The summed E-state index contributed by atoms with van der Waals surface area (Å²) in [6, 6.07) is 10.0. The van der Waals surface area contributed by atoms with Crippen LogP contribution in [0.2, 0.25) is 0 Å². The molecule has 1 aromatic rings. The fourth-order valence-corrected chi connectivity index (χ4v) is 4.57. The van der Waals surface area contributed by atoms with Crippen LogP contribution < -0.4 is 0 Å². The van der Waals surface area contributed by atoms with Crippen molar-refractivity contribution in [3.05, 3.63) is 47.5 Å². The molecule has 0 unspecified atom stereocenters. The van der Waals surface area contributed by atoms with E-state index < -0.39 is 22.9 Å². The van der Waals surface area contributed by atoms with Crippen LogP contribution in [-0.2, 0) is 10.3 Å². The summed E-state index contributed by atoms with van der Waals surface area (Å²) in [6.45, 7) is 3.89. The number of hydrogen-bond donors (Lipinski definition) is 2. The number of benzene rings is 1. The maximum Gasteiger partial charge on any atom is 0.115 e. The summed E-state index contributed by atoms with van der Waals surface area (Å²) in [4.78, 5) is 0. The highest BCUT2D eigenvalue weighted by Crippen LogP contribution is 2.60. The van der Waals surface area contributed by atoms with Crippen molar-refractivity contribution in [3.8, 4) is 0 Å². The predicted molar refractivity (Wildman–Crippen MR) is 79.7 cm³/mol. The zero-order valence-electron chi connectivity index (χ0n) is 12.5. The van der Waals surface area contributed by atoms with Crippen molar-refractivity contribution in [2.24, 2.45) is 5.92 Å². The number of fused-ring (bicyclic) bond motifs is 4. The lowest BCUT2D eigenvalue weighted by molar-refractivity contribution is -0.135. The smallest absolute Gasteiger partial charge is 0.115 e. The second-order valence-electron chi connectivity index (χ2n) is 7.23. The molecule has 2 aliphatic heterocycles. The zero-order chi connectivity index (χ0) is 14.9. The molecule has 1 saturated carbocycles. The number of hydrogen-bond acceptors (Lipinski definition) is 3. The largest absolute Gasteiger partial charge is 0.390 e. The third-order valence-corrected chi connectivity index (χ3v) is 5.82. The third kappa shape index (κ3) is 1.65. The van der Waals surface area contributed by atoms with Crippen molar-refractivity contribution >= 4 is 0 Å². The van der Waals surface area contributed by atoms with Gasteiger partial charge in [0.25, 0.3) is 0 Å². The lowest BCUT2D eigenvalue weighted by atomic mass is 9.79. The molecule has 3 aliphatic rings. The Labute approximate surface area is 125 Å². The molecule has 3 heteroatoms. The number of rotatable bonds is 1. The van der Waals surface area contributed by atoms with Crippen LogP contribution in [0.4, 0.5) is 0 Å². The van der Waals surface area contributed by atoms with E-state index in [1.807, 2.05) is 44.2 Å². The standard InChI is InChI=1S/C18H22O3/c1-16(20)9-8-13-14(16)10-18(12-6-4-3-5-7-12)11-15(19)17(13,2)21-18/h3-7,10,13,15,19-20H,8-9,11H2,1-2H3/t13-,15-,16+,17+,18-/m1/s1. The molecule has 1 saturated heterocycles. The highest BCUT2D eigenvalue weighted by Gasteiger charge is 2.63. The van der Waals surface area contributed by atoms with Crippen molar-refractivity contribution in [1.82, 2.24) is 0 Å². The van der Waals surface area contributed by atoms with E-state index in [1.165, 1.54) is 0 Å². The molecule has 2 N–H and O–H groups in total. The molecular weight excluding hydrogens is 264 g/mol. The molecule has 0 spiro atoms. The van der Waals surface area contributed by atoms with Crippen molar-refractivity contribution in [2.75, 3.05) is 0 Å². The SMILES string of the molecule is C[C@]12O[C@](c3ccccc3)(C=C3[C@H]1CC[C@]3(C)O)C[C@H]2O. The summed E-state index contributed by atoms with van der Waals surface area (Å²) in [5, 5.41) is 21.4. The average molecular weight is 286 g/mol. The third-order valence-electron chi connectivity index (χ3n) is 5.82. The van der Waals surface area contributed by atoms with Crippen LogP contribution in [0.5, 0.6) is 0 Å². The Morgan fingerprint density at radius 1 is 1.19 bits per heavy atom. The minimum Gasteiger partial charge on any atom is -0.390 e. The van der Waals surface area contributed by atoms with Crippen LogP contribution in [0.3, 0.4) is 0 Å². The van der Waals surface area contributed by atoms with Gasteiger partial charge in [-0.05, 0) is 43.9 Å². The molecule has 3 nitrogen and oxygen atoms in total. The van der Waals surface area contributed by atoms with Crippen molar-refractivity contribution in [3.63, 3.8) is 0 Å². The zero-order valence-corrected chi connectivity index (χ0v) is 12.5. The molecule has 21 heavy (non-hydrogen) atoms. The Bertz CT molecular complexity index is 606. The first-order chi connectivity index (χ1) is 9.87. The summed E-state index contributed by atoms with van der Waals surface area (Å²) >= 11 is 0. The van der Waals surface area contributed by atoms with Gasteiger partial charge in [0, 0.05) is 12.3 Å². The molecule has 1 aliphatic carbocycles. The Morgan fingerprint density at radius 2 is 1.90 bits per heavy atom. The van der Waals surface area contributed by atoms with Gasteiger partial charge in [0.05, 0.1) is 17.3 Å². The predicted octanol–water partition coefficient (Wildman–Crippen LogP) is 2.52. The van der Waals surface area contributed by atoms with E-state index in [2.05, 4.69) is 6.08 Å². The van der Waals surface area contributed by atoms with Gasteiger partial charge in [-0.15, -0.1) is 0 Å². The summed E-state index contributed by atoms with van der Waals surface area (Å²) in [5.41, 5.74) is 0.133. The summed E-state index contributed by atoms with van der Waals surface area (Å²) < 4.78 is 6.44. The van der Waals surface area contributed by atoms with Crippen LogP contribution in [0.25, 0.3) is 0 Å². The number of ether oxygens (including phenoxy) is 1. The topological polar surface area (TPSA) is 49.7 Å². The van der Waals surface area contributed by atoms with Crippen LogP contribution in [0.1, 0.15) is 38.7 Å². The van der Waals surface area contributed by atoms with Gasteiger partial charge >= 0.3 is 0 Å². The second kappa shape index (κ2) is 3.97. The Hall–Kier alpha value is -1.16. The van der Waals surface area contributed by atoms with Crippen LogP contribution in [-0.4, -0.2) is 27.5 Å². The normalized spacial score (nSPS) is 48.1. The van der Waals surface area contributed by atoms with E-state index in [4.69, 9.17) is 4.74 Å². The van der Waals surface area contributed by atoms with E-state index in [0.29, 0.717) is 6.42 Å². The second-order valence-corrected chi connectivity index (χ2v) is 7.23. The van der Waals surface area contributed by atoms with Crippen molar-refractivity contribution < 1.29 is 14.9 Å². The van der Waals surface area contributed by atoms with Crippen molar-refractivity contribution in [2.45, 2.75) is 56.0 Å². The summed E-state index contributed by atoms with van der Waals surface area (Å²) in [7, 11) is 0. The van der Waals surface area contributed by atoms with E-state index in [9.17, 15) is 10.2 Å². The van der Waals surface area contributed by atoms with Crippen LogP contribution >= 0.6 is 0 Å². The summed E-state index contributed by atoms with van der Waals surface area (Å²) in [5.74, 6) is 0.113. The molecular formula is C18H22O3. The first-order valence-electron chi connectivity index (χ1n) is 7.77. The Kier molecular flexibility index (Phi) is 2.56. The fraction of sp³-hybridized carbons (Fsp3) is 0.556. The van der Waals surface area contributed by atoms with Gasteiger partial charge in [-0.1, -0.05) is 30.3 Å². The van der Waals surface area contributed by atoms with Gasteiger partial charge in [-0.3, -0.25) is 0 Å². The molecule has 0 amide bonds. The lowest BCUT2D eigenvalue weighted by Gasteiger charge is -2.43. The minimum absolute atomic E-state index is 0.113. The van der Waals surface area contributed by atoms with Crippen molar-refractivity contribution in [1.29, 1.82) is 0 Å². The first-order valence-corrected chi connectivity index (χ1v) is 7.77. The van der Waals surface area contributed by atoms with E-state index >= 15 is 0 Å². The quantitative estimate of drug-likeness (QED) is 0.780. The highest BCUT2D eigenvalue weighted by molar-refractivity contribution is 5.41. The Balaban J connectivity index is 1.91.